The summed E-state index contributed by atoms with van der Waals surface area (Å²) in [7, 11) is 0. The van der Waals surface area contributed by atoms with Crippen molar-refractivity contribution in [3.8, 4) is 0 Å². The van der Waals surface area contributed by atoms with Gasteiger partial charge in [-0.05, 0) is 30.2 Å². The molecule has 8 heteroatoms. The van der Waals surface area contributed by atoms with Crippen molar-refractivity contribution in [1.29, 1.82) is 0 Å². The van der Waals surface area contributed by atoms with Gasteiger partial charge >= 0.3 is 0 Å². The topological polar surface area (TPSA) is 43.2 Å². The highest BCUT2D eigenvalue weighted by atomic mass is 35.5. The van der Waals surface area contributed by atoms with Crippen molar-refractivity contribution < 1.29 is 4.74 Å². The first-order chi connectivity index (χ1) is 13.1. The van der Waals surface area contributed by atoms with Gasteiger partial charge < -0.3 is 9.64 Å². The third-order valence-electron chi connectivity index (χ3n) is 4.15. The number of halogens is 1. The third-order valence-corrected chi connectivity index (χ3v) is 6.81. The van der Waals surface area contributed by atoms with Gasteiger partial charge in [-0.25, -0.2) is 0 Å². The van der Waals surface area contributed by atoms with Crippen LogP contribution in [-0.2, 0) is 11.3 Å². The minimum Gasteiger partial charge on any atom is -0.378 e. The molecule has 0 atom stereocenters. The van der Waals surface area contributed by atoms with E-state index in [1.807, 2.05) is 30.0 Å². The molecule has 0 amide bonds. The summed E-state index contributed by atoms with van der Waals surface area (Å²) < 4.78 is 7.75. The fourth-order valence-electron chi connectivity index (χ4n) is 2.88. The van der Waals surface area contributed by atoms with Crippen LogP contribution in [0, 0.1) is 5.92 Å². The maximum atomic E-state index is 6.22. The summed E-state index contributed by atoms with van der Waals surface area (Å²) in [6.07, 6.45) is 1.10. The lowest BCUT2D eigenvalue weighted by atomic mass is 10.2. The van der Waals surface area contributed by atoms with E-state index in [4.69, 9.17) is 16.3 Å². The highest BCUT2D eigenvalue weighted by Gasteiger charge is 2.21. The van der Waals surface area contributed by atoms with E-state index >= 15 is 0 Å². The van der Waals surface area contributed by atoms with Gasteiger partial charge in [0.2, 0.25) is 5.95 Å². The van der Waals surface area contributed by atoms with Crippen LogP contribution in [0.15, 0.2) is 34.3 Å². The van der Waals surface area contributed by atoms with E-state index in [9.17, 15) is 0 Å². The molecule has 0 radical (unpaired) electrons. The summed E-state index contributed by atoms with van der Waals surface area (Å²) in [6.45, 7) is 8.70. The Balaban J connectivity index is 1.54. The zero-order valence-corrected chi connectivity index (χ0v) is 18.3. The molecule has 0 aliphatic carbocycles. The van der Waals surface area contributed by atoms with Gasteiger partial charge in [0.15, 0.2) is 5.16 Å². The van der Waals surface area contributed by atoms with E-state index in [2.05, 4.69) is 39.6 Å². The highest BCUT2D eigenvalue weighted by Crippen LogP contribution is 2.29. The maximum Gasteiger partial charge on any atom is 0.228 e. The molecule has 3 rings (SSSR count). The minimum atomic E-state index is 0.552. The molecule has 0 spiro atoms. The Morgan fingerprint density at radius 3 is 2.59 bits per heavy atom. The Bertz CT molecular complexity index is 719. The van der Waals surface area contributed by atoms with Crippen LogP contribution in [-0.4, -0.2) is 52.6 Å². The lowest BCUT2D eigenvalue weighted by molar-refractivity contribution is 0.121. The summed E-state index contributed by atoms with van der Waals surface area (Å²) in [4.78, 5) is 3.44. The Morgan fingerprint density at radius 2 is 1.85 bits per heavy atom. The number of anilines is 1. The summed E-state index contributed by atoms with van der Waals surface area (Å²) in [5.41, 5.74) is 0. The van der Waals surface area contributed by atoms with Crippen molar-refractivity contribution in [2.24, 2.45) is 5.92 Å². The first-order valence-electron chi connectivity index (χ1n) is 9.41. The molecule has 0 bridgehead atoms. The predicted octanol–water partition coefficient (Wildman–Crippen LogP) is 4.70. The number of thioether (sulfide) groups is 2. The molecule has 0 unspecified atom stereocenters. The fourth-order valence-corrected chi connectivity index (χ4v) is 5.13. The smallest absolute Gasteiger partial charge is 0.228 e. The summed E-state index contributed by atoms with van der Waals surface area (Å²) >= 11 is 9.83. The van der Waals surface area contributed by atoms with Crippen LogP contribution in [0.1, 0.15) is 20.3 Å². The molecule has 1 fully saturated rings. The molecule has 1 saturated heterocycles. The Hall–Kier alpha value is -0.890. The molecule has 0 saturated carbocycles. The normalized spacial score (nSPS) is 14.9. The Labute approximate surface area is 175 Å². The predicted molar refractivity (Wildman–Crippen MR) is 115 cm³/mol. The first-order valence-corrected chi connectivity index (χ1v) is 11.8. The second-order valence-electron chi connectivity index (χ2n) is 6.87. The maximum absolute atomic E-state index is 6.22. The average Bonchev–Trinajstić information content (AvgIpc) is 3.05. The van der Waals surface area contributed by atoms with Gasteiger partial charge in [-0.1, -0.05) is 49.3 Å². The second kappa shape index (κ2) is 10.6. The van der Waals surface area contributed by atoms with Crippen molar-refractivity contribution in [2.75, 3.05) is 42.7 Å². The zero-order chi connectivity index (χ0) is 19.1. The number of benzene rings is 1. The van der Waals surface area contributed by atoms with Crippen LogP contribution < -0.4 is 4.90 Å². The zero-order valence-electron chi connectivity index (χ0n) is 15.9. The quantitative estimate of drug-likeness (QED) is 0.427. The molecular formula is C19H27ClN4OS2. The van der Waals surface area contributed by atoms with E-state index in [0.29, 0.717) is 5.92 Å². The van der Waals surface area contributed by atoms with Crippen LogP contribution in [0.3, 0.4) is 0 Å². The summed E-state index contributed by atoms with van der Waals surface area (Å²) in [6, 6.07) is 8.02. The van der Waals surface area contributed by atoms with Crippen LogP contribution in [0.25, 0.3) is 0 Å². The van der Waals surface area contributed by atoms with E-state index < -0.39 is 0 Å². The van der Waals surface area contributed by atoms with Gasteiger partial charge in [0, 0.05) is 30.3 Å². The molecule has 1 aliphatic heterocycles. The molecular weight excluding hydrogens is 400 g/mol. The lowest BCUT2D eigenvalue weighted by Gasteiger charge is -2.28. The van der Waals surface area contributed by atoms with Gasteiger partial charge in [0.05, 0.1) is 18.2 Å². The van der Waals surface area contributed by atoms with Gasteiger partial charge in [-0.2, -0.15) is 0 Å². The van der Waals surface area contributed by atoms with Crippen molar-refractivity contribution in [2.45, 2.75) is 36.9 Å². The van der Waals surface area contributed by atoms with E-state index in [-0.39, 0.29) is 0 Å². The van der Waals surface area contributed by atoms with Crippen LogP contribution in [0.4, 0.5) is 5.95 Å². The summed E-state index contributed by atoms with van der Waals surface area (Å²) in [5, 5.41) is 10.8. The second-order valence-corrected chi connectivity index (χ2v) is 9.47. The molecule has 5 nitrogen and oxygen atoms in total. The molecule has 148 valence electrons. The van der Waals surface area contributed by atoms with Crippen molar-refractivity contribution in [3.05, 3.63) is 29.3 Å². The van der Waals surface area contributed by atoms with Crippen LogP contribution >= 0.6 is 35.1 Å². The van der Waals surface area contributed by atoms with E-state index in [1.165, 1.54) is 0 Å². The third kappa shape index (κ3) is 6.04. The number of hydrogen-bond donors (Lipinski definition) is 0. The summed E-state index contributed by atoms with van der Waals surface area (Å²) in [5.74, 6) is 3.61. The number of ether oxygens (including phenoxy) is 1. The minimum absolute atomic E-state index is 0.552. The standard InChI is InChI=1S/C19H27ClN4OS2/c1-15(2)14-24-18(23-8-10-25-11-9-23)21-22-19(24)27-13-5-12-26-17-7-4-3-6-16(17)20/h3-4,6-7,15H,5,8-14H2,1-2H3. The van der Waals surface area contributed by atoms with Gasteiger partial charge in [0.1, 0.15) is 0 Å². The van der Waals surface area contributed by atoms with Gasteiger partial charge in [-0.3, -0.25) is 4.57 Å². The SMILES string of the molecule is CC(C)Cn1c(SCCCSc2ccccc2Cl)nnc1N1CCOCC1. The fraction of sp³-hybridized carbons (Fsp3) is 0.579. The van der Waals surface area contributed by atoms with Crippen molar-refractivity contribution in [1.82, 2.24) is 14.8 Å². The van der Waals surface area contributed by atoms with Crippen molar-refractivity contribution in [3.63, 3.8) is 0 Å². The van der Waals surface area contributed by atoms with E-state index in [1.54, 1.807) is 11.8 Å². The molecule has 2 heterocycles. The van der Waals surface area contributed by atoms with Gasteiger partial charge in [-0.15, -0.1) is 22.0 Å². The Morgan fingerprint density at radius 1 is 1.11 bits per heavy atom. The van der Waals surface area contributed by atoms with Crippen LogP contribution in [0.2, 0.25) is 5.02 Å². The van der Waals surface area contributed by atoms with E-state index in [0.717, 1.165) is 71.8 Å². The highest BCUT2D eigenvalue weighted by molar-refractivity contribution is 8.00. The number of nitrogens with zero attached hydrogens (tertiary/aromatic N) is 4. The largest absolute Gasteiger partial charge is 0.378 e. The number of aromatic nitrogens is 3. The first kappa shape index (κ1) is 20.8. The number of hydrogen-bond acceptors (Lipinski definition) is 6. The van der Waals surface area contributed by atoms with Crippen LogP contribution in [0.5, 0.6) is 0 Å². The van der Waals surface area contributed by atoms with Crippen molar-refractivity contribution >= 4 is 41.1 Å². The average molecular weight is 427 g/mol. The molecule has 1 aliphatic rings. The van der Waals surface area contributed by atoms with Gasteiger partial charge in [0.25, 0.3) is 0 Å². The number of morpholine rings is 1. The molecule has 2 aromatic rings. The monoisotopic (exact) mass is 426 g/mol. The lowest BCUT2D eigenvalue weighted by Crippen LogP contribution is -2.38. The Kier molecular flexibility index (Phi) is 8.18. The molecule has 1 aromatic carbocycles. The molecule has 0 N–H and O–H groups in total. The number of rotatable bonds is 9. The molecule has 27 heavy (non-hydrogen) atoms. The molecule has 1 aromatic heterocycles.